The lowest BCUT2D eigenvalue weighted by Crippen LogP contribution is -1.81. The van der Waals surface area contributed by atoms with Crippen LogP contribution in [0.15, 0.2) is 28.3 Å². The van der Waals surface area contributed by atoms with Gasteiger partial charge in [0.05, 0.1) is 0 Å². The molecular formula is C9H7BrN2S. The first-order chi connectivity index (χ1) is 6.25. The molecule has 0 atom stereocenters. The number of halogens is 1. The lowest BCUT2D eigenvalue weighted by atomic mass is 10.2. The maximum Gasteiger partial charge on any atom is 0.124 e. The molecular weight excluding hydrogens is 248 g/mol. The molecule has 13 heavy (non-hydrogen) atoms. The third kappa shape index (κ3) is 1.95. The van der Waals surface area contributed by atoms with Crippen molar-refractivity contribution in [3.05, 3.63) is 34.0 Å². The lowest BCUT2D eigenvalue weighted by Gasteiger charge is -1.95. The molecule has 0 bridgehead atoms. The molecule has 0 aliphatic heterocycles. The molecule has 0 fully saturated rings. The minimum atomic E-state index is 0.891. The van der Waals surface area contributed by atoms with E-state index in [1.165, 1.54) is 0 Å². The highest BCUT2D eigenvalue weighted by atomic mass is 79.9. The normalized spacial score (nSPS) is 10.3. The molecule has 2 nitrogen and oxygen atoms in total. The first-order valence-electron chi connectivity index (χ1n) is 3.80. The van der Waals surface area contributed by atoms with Crippen LogP contribution in [0.25, 0.3) is 10.6 Å². The molecule has 0 saturated heterocycles. The van der Waals surface area contributed by atoms with E-state index in [2.05, 4.69) is 25.9 Å². The van der Waals surface area contributed by atoms with Crippen molar-refractivity contribution >= 4 is 27.3 Å². The number of rotatable bonds is 1. The number of pyridine rings is 1. The van der Waals surface area contributed by atoms with Gasteiger partial charge in [0.1, 0.15) is 9.61 Å². The standard InChI is InChI=1S/C9H7BrN2S/c1-6-4-7(2-3-11-6)9-12-8(10)5-13-9/h2-5H,1H3. The number of aryl methyl sites for hydroxylation is 1. The van der Waals surface area contributed by atoms with Gasteiger partial charge in [-0.2, -0.15) is 0 Å². The molecule has 2 heterocycles. The molecule has 0 aliphatic carbocycles. The largest absolute Gasteiger partial charge is 0.262 e. The second-order valence-electron chi connectivity index (χ2n) is 2.66. The smallest absolute Gasteiger partial charge is 0.124 e. The Morgan fingerprint density at radius 1 is 1.46 bits per heavy atom. The molecule has 66 valence electrons. The second kappa shape index (κ2) is 3.55. The van der Waals surface area contributed by atoms with Gasteiger partial charge in [0.25, 0.3) is 0 Å². The predicted molar refractivity (Wildman–Crippen MR) is 57.8 cm³/mol. The average Bonchev–Trinajstić information content (AvgIpc) is 2.52. The van der Waals surface area contributed by atoms with Gasteiger partial charge in [0.2, 0.25) is 0 Å². The SMILES string of the molecule is Cc1cc(-c2nc(Br)cs2)ccn1. The van der Waals surface area contributed by atoms with Crippen LogP contribution in [0.2, 0.25) is 0 Å². The van der Waals surface area contributed by atoms with Crippen LogP contribution < -0.4 is 0 Å². The van der Waals surface area contributed by atoms with E-state index in [4.69, 9.17) is 0 Å². The fourth-order valence-electron chi connectivity index (χ4n) is 1.07. The zero-order valence-corrected chi connectivity index (χ0v) is 9.39. The highest BCUT2D eigenvalue weighted by Crippen LogP contribution is 2.25. The summed E-state index contributed by atoms with van der Waals surface area (Å²) in [4.78, 5) is 8.47. The molecule has 0 amide bonds. The van der Waals surface area contributed by atoms with Gasteiger partial charge < -0.3 is 0 Å². The molecule has 2 rings (SSSR count). The van der Waals surface area contributed by atoms with Gasteiger partial charge in [-0.3, -0.25) is 4.98 Å². The molecule has 0 radical (unpaired) electrons. The number of aromatic nitrogens is 2. The monoisotopic (exact) mass is 254 g/mol. The predicted octanol–water partition coefficient (Wildman–Crippen LogP) is 3.28. The Balaban J connectivity index is 2.46. The van der Waals surface area contributed by atoms with Crippen LogP contribution in [0.3, 0.4) is 0 Å². The van der Waals surface area contributed by atoms with E-state index in [1.807, 2.05) is 24.4 Å². The summed E-state index contributed by atoms with van der Waals surface area (Å²) >= 11 is 4.96. The zero-order chi connectivity index (χ0) is 9.26. The zero-order valence-electron chi connectivity index (χ0n) is 6.99. The van der Waals surface area contributed by atoms with Gasteiger partial charge in [-0.25, -0.2) is 4.98 Å². The summed E-state index contributed by atoms with van der Waals surface area (Å²) in [5.41, 5.74) is 2.15. The first-order valence-corrected chi connectivity index (χ1v) is 5.47. The van der Waals surface area contributed by atoms with E-state index in [0.29, 0.717) is 0 Å². The van der Waals surface area contributed by atoms with Gasteiger partial charge >= 0.3 is 0 Å². The molecule has 0 N–H and O–H groups in total. The maximum atomic E-state index is 4.33. The highest BCUT2D eigenvalue weighted by Gasteiger charge is 2.02. The molecule has 0 spiro atoms. The van der Waals surface area contributed by atoms with Crippen molar-refractivity contribution < 1.29 is 0 Å². The van der Waals surface area contributed by atoms with Crippen molar-refractivity contribution in [2.75, 3.05) is 0 Å². The molecule has 0 saturated carbocycles. The van der Waals surface area contributed by atoms with Crippen molar-refractivity contribution in [3.63, 3.8) is 0 Å². The van der Waals surface area contributed by atoms with Crippen molar-refractivity contribution in [3.8, 4) is 10.6 Å². The molecule has 0 aliphatic rings. The van der Waals surface area contributed by atoms with Gasteiger partial charge in [-0.15, -0.1) is 11.3 Å². The van der Waals surface area contributed by atoms with Crippen molar-refractivity contribution in [1.82, 2.24) is 9.97 Å². The van der Waals surface area contributed by atoms with Crippen molar-refractivity contribution in [2.45, 2.75) is 6.92 Å². The van der Waals surface area contributed by atoms with Gasteiger partial charge in [-0.1, -0.05) is 0 Å². The van der Waals surface area contributed by atoms with Crippen LogP contribution in [0.5, 0.6) is 0 Å². The van der Waals surface area contributed by atoms with E-state index >= 15 is 0 Å². The summed E-state index contributed by atoms with van der Waals surface area (Å²) in [6.07, 6.45) is 1.81. The number of nitrogens with zero attached hydrogens (tertiary/aromatic N) is 2. The van der Waals surface area contributed by atoms with Crippen LogP contribution in [0.1, 0.15) is 5.69 Å². The quantitative estimate of drug-likeness (QED) is 0.781. The summed E-state index contributed by atoms with van der Waals surface area (Å²) in [7, 11) is 0. The minimum absolute atomic E-state index is 0.891. The van der Waals surface area contributed by atoms with Crippen LogP contribution >= 0.6 is 27.3 Å². The Morgan fingerprint density at radius 3 is 2.92 bits per heavy atom. The van der Waals surface area contributed by atoms with Gasteiger partial charge in [-0.05, 0) is 35.0 Å². The molecule has 2 aromatic rings. The molecule has 4 heteroatoms. The highest BCUT2D eigenvalue weighted by molar-refractivity contribution is 9.10. The molecule has 2 aromatic heterocycles. The van der Waals surface area contributed by atoms with Crippen LogP contribution in [-0.2, 0) is 0 Å². The fraction of sp³-hybridized carbons (Fsp3) is 0.111. The lowest BCUT2D eigenvalue weighted by molar-refractivity contribution is 1.20. The summed E-state index contributed by atoms with van der Waals surface area (Å²) < 4.78 is 0.891. The van der Waals surface area contributed by atoms with Crippen LogP contribution in [0.4, 0.5) is 0 Å². The Kier molecular flexibility index (Phi) is 2.42. The molecule has 0 aromatic carbocycles. The number of hydrogen-bond donors (Lipinski definition) is 0. The Morgan fingerprint density at radius 2 is 2.31 bits per heavy atom. The minimum Gasteiger partial charge on any atom is -0.262 e. The van der Waals surface area contributed by atoms with Gasteiger partial charge in [0.15, 0.2) is 0 Å². The topological polar surface area (TPSA) is 25.8 Å². The van der Waals surface area contributed by atoms with Crippen molar-refractivity contribution in [2.24, 2.45) is 0 Å². The number of hydrogen-bond acceptors (Lipinski definition) is 3. The summed E-state index contributed by atoms with van der Waals surface area (Å²) in [6.45, 7) is 1.98. The summed E-state index contributed by atoms with van der Waals surface area (Å²) in [5, 5.41) is 3.00. The third-order valence-corrected chi connectivity index (χ3v) is 3.22. The maximum absolute atomic E-state index is 4.33. The molecule has 0 unspecified atom stereocenters. The average molecular weight is 255 g/mol. The van der Waals surface area contributed by atoms with E-state index in [-0.39, 0.29) is 0 Å². The summed E-state index contributed by atoms with van der Waals surface area (Å²) in [6, 6.07) is 4.00. The van der Waals surface area contributed by atoms with E-state index in [9.17, 15) is 0 Å². The second-order valence-corrected chi connectivity index (χ2v) is 4.33. The Labute approximate surface area is 88.8 Å². The Bertz CT molecular complexity index is 425. The van der Waals surface area contributed by atoms with Crippen LogP contribution in [0, 0.1) is 6.92 Å². The van der Waals surface area contributed by atoms with Gasteiger partial charge in [0, 0.05) is 22.8 Å². The van der Waals surface area contributed by atoms with Crippen molar-refractivity contribution in [1.29, 1.82) is 0 Å². The third-order valence-electron chi connectivity index (χ3n) is 1.62. The number of thiazole rings is 1. The summed E-state index contributed by atoms with van der Waals surface area (Å²) in [5.74, 6) is 0. The fourth-order valence-corrected chi connectivity index (χ4v) is 2.32. The first kappa shape index (κ1) is 8.84. The Hall–Kier alpha value is -0.740. The van der Waals surface area contributed by atoms with E-state index < -0.39 is 0 Å². The van der Waals surface area contributed by atoms with E-state index in [0.717, 1.165) is 20.9 Å². The van der Waals surface area contributed by atoms with E-state index in [1.54, 1.807) is 17.5 Å². The van der Waals surface area contributed by atoms with Crippen LogP contribution in [-0.4, -0.2) is 9.97 Å².